The fourth-order valence-electron chi connectivity index (χ4n) is 1.88. The summed E-state index contributed by atoms with van der Waals surface area (Å²) >= 11 is 0. The molecule has 118 valence electrons. The topological polar surface area (TPSA) is 47.6 Å². The van der Waals surface area contributed by atoms with E-state index < -0.39 is 0 Å². The van der Waals surface area contributed by atoms with Crippen LogP contribution in [0.15, 0.2) is 18.2 Å². The summed E-state index contributed by atoms with van der Waals surface area (Å²) in [5, 5.41) is 3.31. The normalized spacial score (nSPS) is 12.0. The molecule has 1 rings (SSSR count). The van der Waals surface area contributed by atoms with Crippen LogP contribution in [-0.2, 0) is 9.53 Å². The lowest BCUT2D eigenvalue weighted by molar-refractivity contribution is -0.140. The number of esters is 1. The number of nitrogens with one attached hydrogen (secondary N) is 1. The third kappa shape index (κ3) is 6.12. The van der Waals surface area contributed by atoms with Crippen molar-refractivity contribution in [2.24, 2.45) is 0 Å². The van der Waals surface area contributed by atoms with E-state index in [1.54, 1.807) is 6.07 Å². The first-order valence-electron chi connectivity index (χ1n) is 7.31. The molecule has 0 aliphatic carbocycles. The van der Waals surface area contributed by atoms with E-state index in [4.69, 9.17) is 4.74 Å². The van der Waals surface area contributed by atoms with Gasteiger partial charge in [-0.05, 0) is 44.0 Å². The monoisotopic (exact) mass is 297 g/mol. The lowest BCUT2D eigenvalue weighted by Crippen LogP contribution is -2.19. The van der Waals surface area contributed by atoms with Crippen LogP contribution in [0, 0.1) is 5.82 Å². The summed E-state index contributed by atoms with van der Waals surface area (Å²) in [7, 11) is 1.34. The van der Waals surface area contributed by atoms with Crippen molar-refractivity contribution in [2.75, 3.05) is 20.3 Å². The second-order valence-corrected chi connectivity index (χ2v) is 4.89. The van der Waals surface area contributed by atoms with Gasteiger partial charge in [-0.15, -0.1) is 0 Å². The molecular weight excluding hydrogens is 273 g/mol. The predicted octanol–water partition coefficient (Wildman–Crippen LogP) is 3.22. The van der Waals surface area contributed by atoms with Crippen molar-refractivity contribution in [3.8, 4) is 5.75 Å². The molecule has 0 bridgehead atoms. The molecule has 0 aromatic heterocycles. The second kappa shape index (κ2) is 9.34. The second-order valence-electron chi connectivity index (χ2n) is 4.89. The van der Waals surface area contributed by atoms with Crippen LogP contribution in [0.2, 0.25) is 0 Å². The average molecular weight is 297 g/mol. The molecule has 0 radical (unpaired) electrons. The Labute approximate surface area is 125 Å². The number of carbonyl (C=O) groups is 1. The first-order valence-corrected chi connectivity index (χ1v) is 7.31. The van der Waals surface area contributed by atoms with Gasteiger partial charge in [0.05, 0.1) is 13.7 Å². The van der Waals surface area contributed by atoms with Gasteiger partial charge < -0.3 is 14.8 Å². The number of hydrogen-bond acceptors (Lipinski definition) is 4. The highest BCUT2D eigenvalue weighted by molar-refractivity contribution is 5.69. The number of benzene rings is 1. The molecule has 0 saturated heterocycles. The summed E-state index contributed by atoms with van der Waals surface area (Å²) in [6, 6.07) is 5.08. The Morgan fingerprint density at radius 1 is 1.43 bits per heavy atom. The third-order valence-electron chi connectivity index (χ3n) is 3.17. The molecule has 0 spiro atoms. The largest absolute Gasteiger partial charge is 0.491 e. The average Bonchev–Trinajstić information content (AvgIpc) is 2.49. The van der Waals surface area contributed by atoms with Crippen LogP contribution < -0.4 is 10.1 Å². The number of hydrogen-bond donors (Lipinski definition) is 1. The molecule has 0 saturated carbocycles. The van der Waals surface area contributed by atoms with E-state index in [9.17, 15) is 9.18 Å². The molecule has 0 amide bonds. The Morgan fingerprint density at radius 3 is 2.81 bits per heavy atom. The predicted molar refractivity (Wildman–Crippen MR) is 79.9 cm³/mol. The lowest BCUT2D eigenvalue weighted by Gasteiger charge is -2.15. The van der Waals surface area contributed by atoms with Gasteiger partial charge in [-0.2, -0.15) is 0 Å². The van der Waals surface area contributed by atoms with Gasteiger partial charge in [0, 0.05) is 12.5 Å². The van der Waals surface area contributed by atoms with E-state index >= 15 is 0 Å². The van der Waals surface area contributed by atoms with Gasteiger partial charge >= 0.3 is 5.97 Å². The summed E-state index contributed by atoms with van der Waals surface area (Å²) < 4.78 is 23.8. The molecule has 0 heterocycles. The van der Waals surface area contributed by atoms with Gasteiger partial charge in [-0.25, -0.2) is 4.39 Å². The van der Waals surface area contributed by atoms with Crippen LogP contribution >= 0.6 is 0 Å². The molecule has 5 heteroatoms. The molecule has 1 aromatic rings. The van der Waals surface area contributed by atoms with Crippen molar-refractivity contribution in [3.63, 3.8) is 0 Å². The van der Waals surface area contributed by atoms with E-state index in [1.165, 1.54) is 13.2 Å². The van der Waals surface area contributed by atoms with Crippen LogP contribution in [0.5, 0.6) is 5.75 Å². The molecule has 1 atom stereocenters. The zero-order chi connectivity index (χ0) is 15.7. The molecule has 0 aliphatic heterocycles. The van der Waals surface area contributed by atoms with E-state index in [2.05, 4.69) is 17.0 Å². The quantitative estimate of drug-likeness (QED) is 0.561. The fourth-order valence-corrected chi connectivity index (χ4v) is 1.88. The highest BCUT2D eigenvalue weighted by Crippen LogP contribution is 2.22. The van der Waals surface area contributed by atoms with Crippen LogP contribution in [0.1, 0.15) is 44.7 Å². The van der Waals surface area contributed by atoms with Crippen molar-refractivity contribution in [3.05, 3.63) is 29.6 Å². The Hall–Kier alpha value is -1.62. The summed E-state index contributed by atoms with van der Waals surface area (Å²) in [5.41, 5.74) is 0.892. The maximum atomic E-state index is 13.9. The van der Waals surface area contributed by atoms with E-state index in [1.807, 2.05) is 13.0 Å². The molecule has 0 fully saturated rings. The maximum Gasteiger partial charge on any atom is 0.305 e. The van der Waals surface area contributed by atoms with Crippen molar-refractivity contribution < 1.29 is 18.7 Å². The maximum absolute atomic E-state index is 13.9. The standard InChI is InChI=1S/C16H24FNO3/c1-4-9-18-12(2)13-7-8-15(14(17)11-13)21-10-5-6-16(19)20-3/h7-8,11-12,18H,4-6,9-10H2,1-3H3. The first kappa shape index (κ1) is 17.4. The minimum absolute atomic E-state index is 0.104. The van der Waals surface area contributed by atoms with Crippen molar-refractivity contribution in [2.45, 2.75) is 39.2 Å². The third-order valence-corrected chi connectivity index (χ3v) is 3.17. The number of carbonyl (C=O) groups excluding carboxylic acids is 1. The highest BCUT2D eigenvalue weighted by atomic mass is 19.1. The van der Waals surface area contributed by atoms with E-state index in [0.717, 1.165) is 18.5 Å². The minimum Gasteiger partial charge on any atom is -0.491 e. The lowest BCUT2D eigenvalue weighted by atomic mass is 10.1. The fraction of sp³-hybridized carbons (Fsp3) is 0.562. The van der Waals surface area contributed by atoms with Gasteiger partial charge in [-0.1, -0.05) is 13.0 Å². The van der Waals surface area contributed by atoms with E-state index in [0.29, 0.717) is 6.42 Å². The van der Waals surface area contributed by atoms with Crippen LogP contribution in [-0.4, -0.2) is 26.2 Å². The number of ether oxygens (including phenoxy) is 2. The molecule has 1 unspecified atom stereocenters. The molecule has 1 N–H and O–H groups in total. The van der Waals surface area contributed by atoms with Gasteiger partial charge in [0.2, 0.25) is 0 Å². The van der Waals surface area contributed by atoms with Gasteiger partial charge in [0.1, 0.15) is 0 Å². The van der Waals surface area contributed by atoms with Crippen molar-refractivity contribution in [1.82, 2.24) is 5.32 Å². The highest BCUT2D eigenvalue weighted by Gasteiger charge is 2.09. The molecule has 21 heavy (non-hydrogen) atoms. The molecule has 1 aromatic carbocycles. The summed E-state index contributed by atoms with van der Waals surface area (Å²) in [6.45, 7) is 5.27. The number of halogens is 1. The van der Waals surface area contributed by atoms with Crippen LogP contribution in [0.4, 0.5) is 4.39 Å². The Morgan fingerprint density at radius 2 is 2.19 bits per heavy atom. The Balaban J connectivity index is 2.48. The van der Waals surface area contributed by atoms with E-state index in [-0.39, 0.29) is 36.6 Å². The SMILES string of the molecule is CCCNC(C)c1ccc(OCCCC(=O)OC)c(F)c1. The van der Waals surface area contributed by atoms with Gasteiger partial charge in [-0.3, -0.25) is 4.79 Å². The zero-order valence-corrected chi connectivity index (χ0v) is 12.9. The Kier molecular flexibility index (Phi) is 7.75. The minimum atomic E-state index is -0.379. The smallest absolute Gasteiger partial charge is 0.305 e. The summed E-state index contributed by atoms with van der Waals surface area (Å²) in [4.78, 5) is 10.9. The molecule has 0 aliphatic rings. The van der Waals surface area contributed by atoms with Crippen molar-refractivity contribution in [1.29, 1.82) is 0 Å². The zero-order valence-electron chi connectivity index (χ0n) is 12.9. The molecule has 4 nitrogen and oxygen atoms in total. The first-order chi connectivity index (χ1) is 10.1. The summed E-state index contributed by atoms with van der Waals surface area (Å²) in [6.07, 6.45) is 1.81. The van der Waals surface area contributed by atoms with Gasteiger partial charge in [0.25, 0.3) is 0 Å². The summed E-state index contributed by atoms with van der Waals surface area (Å²) in [5.74, 6) is -0.452. The van der Waals surface area contributed by atoms with Crippen LogP contribution in [0.3, 0.4) is 0 Å². The van der Waals surface area contributed by atoms with Gasteiger partial charge in [0.15, 0.2) is 11.6 Å². The number of rotatable bonds is 9. The molecular formula is C16H24FNO3. The van der Waals surface area contributed by atoms with Crippen molar-refractivity contribution >= 4 is 5.97 Å². The number of methoxy groups -OCH3 is 1. The van der Waals surface area contributed by atoms with Crippen LogP contribution in [0.25, 0.3) is 0 Å². The Bertz CT molecular complexity index is 451.